The lowest BCUT2D eigenvalue weighted by molar-refractivity contribution is -0.179. The van der Waals surface area contributed by atoms with Crippen molar-refractivity contribution < 1.29 is 13.2 Å². The Morgan fingerprint density at radius 2 is 2.05 bits per heavy atom. The Hall–Kier alpha value is -0.820. The summed E-state index contributed by atoms with van der Waals surface area (Å²) in [6, 6.07) is 0.221. The number of halogens is 3. The molecular formula is C12H18F3N3S. The molecule has 0 aliphatic carbocycles. The molecule has 1 N–H and O–H groups in total. The van der Waals surface area contributed by atoms with Gasteiger partial charge in [0.2, 0.25) is 0 Å². The summed E-state index contributed by atoms with van der Waals surface area (Å²) < 4.78 is 37.8. The van der Waals surface area contributed by atoms with E-state index in [1.54, 1.807) is 17.5 Å². The number of nitrogens with one attached hydrogen (secondary N) is 1. The molecule has 0 spiro atoms. The predicted octanol–water partition coefficient (Wildman–Crippen LogP) is 3.20. The van der Waals surface area contributed by atoms with Crippen LogP contribution in [0.1, 0.15) is 30.7 Å². The maximum absolute atomic E-state index is 12.6. The second-order valence-electron chi connectivity index (χ2n) is 4.86. The number of thiazole rings is 1. The average molecular weight is 293 g/mol. The molecule has 19 heavy (non-hydrogen) atoms. The molecule has 1 fully saturated rings. The average Bonchev–Trinajstić information content (AvgIpc) is 2.86. The van der Waals surface area contributed by atoms with Gasteiger partial charge in [0.1, 0.15) is 0 Å². The number of alkyl halides is 3. The van der Waals surface area contributed by atoms with Crippen LogP contribution in [-0.2, 0) is 0 Å². The lowest BCUT2D eigenvalue weighted by Gasteiger charge is -2.32. The van der Waals surface area contributed by atoms with Gasteiger partial charge in [-0.25, -0.2) is 4.98 Å². The number of nitrogens with zero attached hydrogens (tertiary/aromatic N) is 2. The number of piperidine rings is 1. The smallest absolute Gasteiger partial charge is 0.348 e. The van der Waals surface area contributed by atoms with Crippen molar-refractivity contribution >= 4 is 16.5 Å². The SMILES string of the molecule is CNC(C)c1cnc(N2CCC(C(F)(F)F)CC2)s1. The van der Waals surface area contributed by atoms with Gasteiger partial charge in [-0.2, -0.15) is 13.2 Å². The number of rotatable bonds is 3. The van der Waals surface area contributed by atoms with Crippen LogP contribution in [0, 0.1) is 5.92 Å². The Balaban J connectivity index is 1.96. The van der Waals surface area contributed by atoms with Crippen LogP contribution in [-0.4, -0.2) is 31.3 Å². The number of hydrogen-bond acceptors (Lipinski definition) is 4. The van der Waals surface area contributed by atoms with Crippen LogP contribution in [0.15, 0.2) is 6.20 Å². The summed E-state index contributed by atoms with van der Waals surface area (Å²) in [4.78, 5) is 7.38. The molecule has 7 heteroatoms. The van der Waals surface area contributed by atoms with Crippen molar-refractivity contribution in [2.24, 2.45) is 5.92 Å². The first-order valence-corrected chi connectivity index (χ1v) is 7.18. The maximum Gasteiger partial charge on any atom is 0.391 e. The molecule has 0 amide bonds. The molecule has 0 saturated carbocycles. The minimum absolute atomic E-state index is 0.167. The third-order valence-electron chi connectivity index (χ3n) is 3.60. The van der Waals surface area contributed by atoms with E-state index in [-0.39, 0.29) is 18.9 Å². The molecule has 3 nitrogen and oxygen atoms in total. The Kier molecular flexibility index (Phi) is 4.35. The second-order valence-corrected chi connectivity index (χ2v) is 5.90. The van der Waals surface area contributed by atoms with Crippen LogP contribution in [0.3, 0.4) is 0 Å². The van der Waals surface area contributed by atoms with Crippen LogP contribution in [0.4, 0.5) is 18.3 Å². The Labute approximate surface area is 114 Å². The monoisotopic (exact) mass is 293 g/mol. The lowest BCUT2D eigenvalue weighted by atomic mass is 9.97. The van der Waals surface area contributed by atoms with E-state index in [0.717, 1.165) is 10.0 Å². The lowest BCUT2D eigenvalue weighted by Crippen LogP contribution is -2.38. The van der Waals surface area contributed by atoms with Crippen molar-refractivity contribution in [1.29, 1.82) is 0 Å². The fourth-order valence-electron chi connectivity index (χ4n) is 2.16. The molecule has 1 aliphatic heterocycles. The zero-order valence-electron chi connectivity index (χ0n) is 11.0. The largest absolute Gasteiger partial charge is 0.391 e. The van der Waals surface area contributed by atoms with E-state index in [2.05, 4.69) is 10.3 Å². The quantitative estimate of drug-likeness (QED) is 0.927. The first kappa shape index (κ1) is 14.6. The van der Waals surface area contributed by atoms with E-state index in [4.69, 9.17) is 0 Å². The highest BCUT2D eigenvalue weighted by Gasteiger charge is 2.41. The highest BCUT2D eigenvalue weighted by atomic mass is 32.1. The minimum Gasteiger partial charge on any atom is -0.348 e. The van der Waals surface area contributed by atoms with E-state index in [1.165, 1.54) is 0 Å². The van der Waals surface area contributed by atoms with Crippen molar-refractivity contribution in [3.8, 4) is 0 Å². The van der Waals surface area contributed by atoms with Gasteiger partial charge in [-0.15, -0.1) is 11.3 Å². The molecule has 1 atom stereocenters. The van der Waals surface area contributed by atoms with Gasteiger partial charge in [0, 0.05) is 30.2 Å². The topological polar surface area (TPSA) is 28.2 Å². The molecule has 1 saturated heterocycles. The molecule has 1 aliphatic rings. The Bertz CT molecular complexity index is 411. The standard InChI is InChI=1S/C12H18F3N3S/c1-8(16-2)10-7-17-11(19-10)18-5-3-9(4-6-18)12(13,14)15/h7-9,16H,3-6H2,1-2H3. The molecule has 0 bridgehead atoms. The summed E-state index contributed by atoms with van der Waals surface area (Å²) in [5.74, 6) is -1.15. The fraction of sp³-hybridized carbons (Fsp3) is 0.750. The predicted molar refractivity (Wildman–Crippen MR) is 70.6 cm³/mol. The molecule has 1 unspecified atom stereocenters. The van der Waals surface area contributed by atoms with Crippen LogP contribution in [0.25, 0.3) is 0 Å². The van der Waals surface area contributed by atoms with Gasteiger partial charge < -0.3 is 10.2 Å². The van der Waals surface area contributed by atoms with Gasteiger partial charge in [0.15, 0.2) is 5.13 Å². The third kappa shape index (κ3) is 3.39. The van der Waals surface area contributed by atoms with E-state index >= 15 is 0 Å². The number of anilines is 1. The van der Waals surface area contributed by atoms with Crippen molar-refractivity contribution in [2.45, 2.75) is 32.0 Å². The molecule has 1 aromatic rings. The summed E-state index contributed by atoms with van der Waals surface area (Å²) in [6.45, 7) is 2.91. The molecular weight excluding hydrogens is 275 g/mol. The maximum atomic E-state index is 12.6. The van der Waals surface area contributed by atoms with Gasteiger partial charge in [-0.05, 0) is 26.8 Å². The van der Waals surface area contributed by atoms with E-state index in [0.29, 0.717) is 13.1 Å². The fourth-order valence-corrected chi connectivity index (χ4v) is 3.19. The van der Waals surface area contributed by atoms with E-state index in [1.807, 2.05) is 18.9 Å². The van der Waals surface area contributed by atoms with E-state index < -0.39 is 12.1 Å². The number of aromatic nitrogens is 1. The summed E-state index contributed by atoms with van der Waals surface area (Å²) in [5.41, 5.74) is 0. The molecule has 2 rings (SSSR count). The van der Waals surface area contributed by atoms with E-state index in [9.17, 15) is 13.2 Å². The third-order valence-corrected chi connectivity index (χ3v) is 4.84. The van der Waals surface area contributed by atoms with Crippen LogP contribution >= 0.6 is 11.3 Å². The van der Waals surface area contributed by atoms with Crippen LogP contribution < -0.4 is 10.2 Å². The van der Waals surface area contributed by atoms with Gasteiger partial charge in [-0.3, -0.25) is 0 Å². The second kappa shape index (κ2) is 5.66. The summed E-state index contributed by atoms with van der Waals surface area (Å²) >= 11 is 1.55. The van der Waals surface area contributed by atoms with Gasteiger partial charge in [0.25, 0.3) is 0 Å². The number of hydrogen-bond donors (Lipinski definition) is 1. The minimum atomic E-state index is -4.05. The highest BCUT2D eigenvalue weighted by Crippen LogP contribution is 2.36. The normalized spacial score (nSPS) is 19.7. The molecule has 0 radical (unpaired) electrons. The summed E-state index contributed by atoms with van der Waals surface area (Å²) in [7, 11) is 1.87. The van der Waals surface area contributed by atoms with Crippen molar-refractivity contribution in [3.63, 3.8) is 0 Å². The zero-order valence-corrected chi connectivity index (χ0v) is 11.8. The van der Waals surface area contributed by atoms with Crippen molar-refractivity contribution in [2.75, 3.05) is 25.0 Å². The van der Waals surface area contributed by atoms with Crippen LogP contribution in [0.5, 0.6) is 0 Å². The first-order chi connectivity index (χ1) is 8.91. The Morgan fingerprint density at radius 3 is 2.58 bits per heavy atom. The van der Waals surface area contributed by atoms with Crippen molar-refractivity contribution in [1.82, 2.24) is 10.3 Å². The molecule has 1 aromatic heterocycles. The van der Waals surface area contributed by atoms with Crippen LogP contribution in [0.2, 0.25) is 0 Å². The van der Waals surface area contributed by atoms with Gasteiger partial charge in [-0.1, -0.05) is 0 Å². The van der Waals surface area contributed by atoms with Crippen molar-refractivity contribution in [3.05, 3.63) is 11.1 Å². The van der Waals surface area contributed by atoms with Gasteiger partial charge >= 0.3 is 6.18 Å². The van der Waals surface area contributed by atoms with Gasteiger partial charge in [0.05, 0.1) is 5.92 Å². The Morgan fingerprint density at radius 1 is 1.42 bits per heavy atom. The summed E-state index contributed by atoms with van der Waals surface area (Å²) in [5, 5.41) is 3.96. The summed E-state index contributed by atoms with van der Waals surface area (Å²) in [6.07, 6.45) is -1.92. The molecule has 2 heterocycles. The highest BCUT2D eigenvalue weighted by molar-refractivity contribution is 7.15. The first-order valence-electron chi connectivity index (χ1n) is 6.36. The molecule has 108 valence electrons. The zero-order chi connectivity index (χ0) is 14.0. The molecule has 0 aromatic carbocycles.